The standard InChI is InChI=1S/C25H31FN2O5S2/c1-4-5-6-19-15-28(18-9-7-17(26)8-10-18)20-13-22(34-3)21(14-23(20)35(31,32)27(19)2)33-16-25(11-12-25)24(29)30/h7-10,13-14,19H,4-6,11-12,15-16H2,1-3H3,(H,29,30)/t19-/m0/s1. The average Bonchev–Trinajstić information content (AvgIpc) is 3.64. The highest BCUT2D eigenvalue weighted by Crippen LogP contribution is 2.48. The summed E-state index contributed by atoms with van der Waals surface area (Å²) in [4.78, 5) is 14.3. The van der Waals surface area contributed by atoms with E-state index < -0.39 is 21.4 Å². The van der Waals surface area contributed by atoms with Crippen LogP contribution in [0.2, 0.25) is 0 Å². The Hall–Kier alpha value is -2.30. The van der Waals surface area contributed by atoms with Gasteiger partial charge in [0.05, 0.1) is 10.6 Å². The molecule has 1 N–H and O–H groups in total. The summed E-state index contributed by atoms with van der Waals surface area (Å²) in [6, 6.07) is 9.07. The molecule has 10 heteroatoms. The molecule has 1 fully saturated rings. The summed E-state index contributed by atoms with van der Waals surface area (Å²) in [6.45, 7) is 2.48. The second-order valence-corrected chi connectivity index (χ2v) is 12.1. The summed E-state index contributed by atoms with van der Waals surface area (Å²) < 4.78 is 48.6. The minimum atomic E-state index is -3.88. The fourth-order valence-electron chi connectivity index (χ4n) is 4.36. The van der Waals surface area contributed by atoms with Crippen molar-refractivity contribution in [3.05, 3.63) is 42.2 Å². The first-order valence-corrected chi connectivity index (χ1v) is 14.4. The van der Waals surface area contributed by atoms with Crippen molar-refractivity contribution in [2.75, 3.05) is 31.4 Å². The predicted molar refractivity (Wildman–Crippen MR) is 135 cm³/mol. The number of carboxylic acid groups (broad SMARTS) is 1. The Labute approximate surface area is 210 Å². The summed E-state index contributed by atoms with van der Waals surface area (Å²) in [5.41, 5.74) is 0.297. The van der Waals surface area contributed by atoms with Crippen LogP contribution >= 0.6 is 11.8 Å². The molecule has 0 bridgehead atoms. The maximum absolute atomic E-state index is 13.8. The summed E-state index contributed by atoms with van der Waals surface area (Å²) in [6.07, 6.45) is 5.45. The van der Waals surface area contributed by atoms with Gasteiger partial charge in [-0.3, -0.25) is 4.79 Å². The molecule has 35 heavy (non-hydrogen) atoms. The number of likely N-dealkylation sites (N-methyl/N-ethyl adjacent to an activating group) is 1. The summed E-state index contributed by atoms with van der Waals surface area (Å²) in [7, 11) is -2.28. The molecule has 0 radical (unpaired) electrons. The molecule has 2 aliphatic rings. The SMILES string of the molecule is CCCC[C@H]1CN(c2ccc(F)cc2)c2cc(SC)c(OCC3(C(=O)O)CC3)cc2S(=O)(=O)N1C. The van der Waals surface area contributed by atoms with Gasteiger partial charge >= 0.3 is 5.97 Å². The molecule has 0 saturated heterocycles. The van der Waals surface area contributed by atoms with E-state index in [1.165, 1.54) is 34.3 Å². The first-order valence-electron chi connectivity index (χ1n) is 11.7. The Kier molecular flexibility index (Phi) is 7.36. The Morgan fingerprint density at radius 1 is 1.26 bits per heavy atom. The molecule has 4 rings (SSSR count). The number of sulfonamides is 1. The summed E-state index contributed by atoms with van der Waals surface area (Å²) in [5.74, 6) is -0.907. The second-order valence-electron chi connectivity index (χ2n) is 9.25. The molecule has 2 aromatic rings. The Balaban J connectivity index is 1.83. The van der Waals surface area contributed by atoms with Crippen LogP contribution in [0.3, 0.4) is 0 Å². The van der Waals surface area contributed by atoms with E-state index in [0.29, 0.717) is 47.8 Å². The second kappa shape index (κ2) is 9.99. The van der Waals surface area contributed by atoms with Crippen LogP contribution < -0.4 is 9.64 Å². The zero-order valence-corrected chi connectivity index (χ0v) is 21.8. The van der Waals surface area contributed by atoms with E-state index in [9.17, 15) is 22.7 Å². The van der Waals surface area contributed by atoms with E-state index in [1.807, 2.05) is 11.2 Å². The number of carboxylic acids is 1. The molecule has 1 atom stereocenters. The zero-order valence-electron chi connectivity index (χ0n) is 20.2. The van der Waals surface area contributed by atoms with Crippen LogP contribution in [-0.2, 0) is 14.8 Å². The molecule has 7 nitrogen and oxygen atoms in total. The van der Waals surface area contributed by atoms with Gasteiger partial charge in [0.25, 0.3) is 0 Å². The topological polar surface area (TPSA) is 87.1 Å². The van der Waals surface area contributed by atoms with Crippen molar-refractivity contribution >= 4 is 39.1 Å². The van der Waals surface area contributed by atoms with Gasteiger partial charge in [0, 0.05) is 31.4 Å². The van der Waals surface area contributed by atoms with Crippen molar-refractivity contribution in [2.24, 2.45) is 5.41 Å². The lowest BCUT2D eigenvalue weighted by Crippen LogP contribution is -2.40. The van der Waals surface area contributed by atoms with Crippen molar-refractivity contribution in [3.8, 4) is 5.75 Å². The number of nitrogens with zero attached hydrogens (tertiary/aromatic N) is 2. The van der Waals surface area contributed by atoms with E-state index in [2.05, 4.69) is 6.92 Å². The number of hydrogen-bond acceptors (Lipinski definition) is 6. The minimum absolute atomic E-state index is 0.00856. The first kappa shape index (κ1) is 25.8. The molecular weight excluding hydrogens is 491 g/mol. The van der Waals surface area contributed by atoms with Crippen LogP contribution in [0.15, 0.2) is 46.2 Å². The maximum atomic E-state index is 13.8. The number of hydrogen-bond donors (Lipinski definition) is 1. The number of unbranched alkanes of at least 4 members (excludes halogenated alkanes) is 1. The number of halogens is 1. The van der Waals surface area contributed by atoms with Crippen molar-refractivity contribution in [1.29, 1.82) is 0 Å². The van der Waals surface area contributed by atoms with Crippen molar-refractivity contribution in [3.63, 3.8) is 0 Å². The highest BCUT2D eigenvalue weighted by atomic mass is 32.2. The van der Waals surface area contributed by atoms with Crippen LogP contribution in [0.1, 0.15) is 39.0 Å². The number of aliphatic carboxylic acids is 1. The third-order valence-electron chi connectivity index (χ3n) is 6.94. The highest BCUT2D eigenvalue weighted by Gasteiger charge is 2.51. The fraction of sp³-hybridized carbons (Fsp3) is 0.480. The van der Waals surface area contributed by atoms with Crippen molar-refractivity contribution in [1.82, 2.24) is 4.31 Å². The van der Waals surface area contributed by atoms with Crippen LogP contribution in [-0.4, -0.2) is 56.3 Å². The number of carbonyl (C=O) groups is 1. The number of anilines is 2. The third kappa shape index (κ3) is 5.01. The highest BCUT2D eigenvalue weighted by molar-refractivity contribution is 7.98. The maximum Gasteiger partial charge on any atom is 0.313 e. The predicted octanol–water partition coefficient (Wildman–Crippen LogP) is 5.12. The average molecular weight is 523 g/mol. The molecule has 1 saturated carbocycles. The molecule has 1 aliphatic heterocycles. The zero-order chi connectivity index (χ0) is 25.4. The Morgan fingerprint density at radius 3 is 2.51 bits per heavy atom. The quantitative estimate of drug-likeness (QED) is 0.457. The normalized spacial score (nSPS) is 20.7. The van der Waals surface area contributed by atoms with Crippen molar-refractivity contribution < 1.29 is 27.4 Å². The number of benzene rings is 2. The first-order chi connectivity index (χ1) is 16.6. The largest absolute Gasteiger partial charge is 0.491 e. The molecule has 0 unspecified atom stereocenters. The van der Waals surface area contributed by atoms with E-state index in [-0.39, 0.29) is 23.4 Å². The Bertz CT molecular complexity index is 1200. The molecular formula is C25H31FN2O5S2. The number of ether oxygens (including phenoxy) is 1. The molecule has 2 aromatic carbocycles. The Morgan fingerprint density at radius 2 is 1.94 bits per heavy atom. The van der Waals surface area contributed by atoms with E-state index in [4.69, 9.17) is 4.74 Å². The number of thioether (sulfide) groups is 1. The lowest BCUT2D eigenvalue weighted by molar-refractivity contribution is -0.144. The lowest BCUT2D eigenvalue weighted by Gasteiger charge is -2.29. The third-order valence-corrected chi connectivity index (χ3v) is 9.64. The van der Waals surface area contributed by atoms with Gasteiger partial charge in [-0.1, -0.05) is 19.8 Å². The van der Waals surface area contributed by atoms with Gasteiger partial charge in [0.2, 0.25) is 10.0 Å². The van der Waals surface area contributed by atoms with Crippen molar-refractivity contribution in [2.45, 2.75) is 54.9 Å². The molecule has 190 valence electrons. The van der Waals surface area contributed by atoms with Crippen LogP contribution in [0, 0.1) is 11.2 Å². The van der Waals surface area contributed by atoms with Gasteiger partial charge in [-0.2, -0.15) is 4.31 Å². The molecule has 0 spiro atoms. The monoisotopic (exact) mass is 522 g/mol. The van der Waals surface area contributed by atoms with Gasteiger partial charge in [-0.15, -0.1) is 11.8 Å². The van der Waals surface area contributed by atoms with Crippen LogP contribution in [0.5, 0.6) is 5.75 Å². The fourth-order valence-corrected chi connectivity index (χ4v) is 6.47. The van der Waals surface area contributed by atoms with Gasteiger partial charge < -0.3 is 14.7 Å². The minimum Gasteiger partial charge on any atom is -0.491 e. The van der Waals surface area contributed by atoms with Gasteiger partial charge in [0.15, 0.2) is 0 Å². The number of fused-ring (bicyclic) bond motifs is 1. The van der Waals surface area contributed by atoms with Gasteiger partial charge in [0.1, 0.15) is 28.5 Å². The van der Waals surface area contributed by atoms with Gasteiger partial charge in [-0.25, -0.2) is 12.8 Å². The number of rotatable bonds is 9. The van der Waals surface area contributed by atoms with Crippen LogP contribution in [0.4, 0.5) is 15.8 Å². The molecule has 1 heterocycles. The smallest absolute Gasteiger partial charge is 0.313 e. The molecule has 0 aromatic heterocycles. The molecule has 1 aliphatic carbocycles. The molecule has 0 amide bonds. The van der Waals surface area contributed by atoms with Crippen LogP contribution in [0.25, 0.3) is 0 Å². The van der Waals surface area contributed by atoms with Gasteiger partial charge in [-0.05, 0) is 55.9 Å². The lowest BCUT2D eigenvalue weighted by atomic mass is 10.1. The van der Waals surface area contributed by atoms with E-state index in [0.717, 1.165) is 12.8 Å². The summed E-state index contributed by atoms with van der Waals surface area (Å²) in [5, 5.41) is 9.51. The van der Waals surface area contributed by atoms with E-state index in [1.54, 1.807) is 25.2 Å². The van der Waals surface area contributed by atoms with E-state index >= 15 is 0 Å². The summed E-state index contributed by atoms with van der Waals surface area (Å²) >= 11 is 1.40.